The van der Waals surface area contributed by atoms with Crippen LogP contribution in [-0.4, -0.2) is 16.8 Å². The van der Waals surface area contributed by atoms with Crippen LogP contribution < -0.4 is 5.43 Å². The molecule has 0 bridgehead atoms. The number of para-hydroxylation sites is 1. The second-order valence-corrected chi connectivity index (χ2v) is 6.30. The molecule has 2 N–H and O–H groups in total. The Balaban J connectivity index is 2.11. The van der Waals surface area contributed by atoms with Gasteiger partial charge in [-0.3, -0.25) is 5.43 Å². The number of hydrazone groups is 1. The van der Waals surface area contributed by atoms with Gasteiger partial charge in [-0.2, -0.15) is 5.10 Å². The average molecular weight is 358 g/mol. The lowest BCUT2D eigenvalue weighted by molar-refractivity contribution is 0.0696. The van der Waals surface area contributed by atoms with Crippen molar-refractivity contribution in [3.8, 4) is 0 Å². The third-order valence-corrected chi connectivity index (χ3v) is 4.42. The molecule has 0 aliphatic carbocycles. The van der Waals surface area contributed by atoms with Gasteiger partial charge in [-0.25, -0.2) is 4.79 Å². The van der Waals surface area contributed by atoms with Gasteiger partial charge in [0.15, 0.2) is 0 Å². The standard InChI is InChI=1S/C23H22N2O2/c1-3-17-8-4-7-11-21(17)24-25-22(18-14-12-16(2)13-15-18)19-9-5-6-10-20(19)23(26)27/h4-15,24H,3H2,1-2H3,(H,26,27). The fraction of sp³-hybridized carbons (Fsp3) is 0.130. The van der Waals surface area contributed by atoms with Gasteiger partial charge in [-0.1, -0.05) is 73.2 Å². The Hall–Kier alpha value is -3.40. The maximum absolute atomic E-state index is 11.7. The molecule has 136 valence electrons. The SMILES string of the molecule is CCc1ccccc1NN=C(c1ccc(C)cc1)c1ccccc1C(=O)O. The Morgan fingerprint density at radius 2 is 1.56 bits per heavy atom. The van der Waals surface area contributed by atoms with Crippen LogP contribution in [0.15, 0.2) is 77.9 Å². The van der Waals surface area contributed by atoms with Gasteiger partial charge in [-0.15, -0.1) is 0 Å². The lowest BCUT2D eigenvalue weighted by Gasteiger charge is -2.13. The summed E-state index contributed by atoms with van der Waals surface area (Å²) in [6.07, 6.45) is 0.879. The zero-order valence-electron chi connectivity index (χ0n) is 15.4. The van der Waals surface area contributed by atoms with E-state index in [-0.39, 0.29) is 5.56 Å². The number of benzene rings is 3. The summed E-state index contributed by atoms with van der Waals surface area (Å²) in [4.78, 5) is 11.7. The minimum Gasteiger partial charge on any atom is -0.478 e. The van der Waals surface area contributed by atoms with E-state index in [2.05, 4.69) is 23.5 Å². The summed E-state index contributed by atoms with van der Waals surface area (Å²) in [6, 6.07) is 22.8. The summed E-state index contributed by atoms with van der Waals surface area (Å²) in [5.74, 6) is -0.973. The number of carbonyl (C=O) groups is 1. The van der Waals surface area contributed by atoms with Crippen molar-refractivity contribution in [2.45, 2.75) is 20.3 Å². The van der Waals surface area contributed by atoms with Crippen LogP contribution in [0.25, 0.3) is 0 Å². The summed E-state index contributed by atoms with van der Waals surface area (Å²) < 4.78 is 0. The van der Waals surface area contributed by atoms with E-state index in [1.54, 1.807) is 18.2 Å². The van der Waals surface area contributed by atoms with E-state index >= 15 is 0 Å². The van der Waals surface area contributed by atoms with Gasteiger partial charge in [0.2, 0.25) is 0 Å². The Morgan fingerprint density at radius 1 is 0.926 bits per heavy atom. The minimum absolute atomic E-state index is 0.224. The number of aryl methyl sites for hydroxylation is 2. The first-order valence-electron chi connectivity index (χ1n) is 8.91. The predicted molar refractivity (Wildman–Crippen MR) is 110 cm³/mol. The molecule has 0 saturated heterocycles. The first-order chi connectivity index (χ1) is 13.1. The smallest absolute Gasteiger partial charge is 0.336 e. The number of aromatic carboxylic acids is 1. The van der Waals surface area contributed by atoms with E-state index in [9.17, 15) is 9.90 Å². The number of hydrogen-bond donors (Lipinski definition) is 2. The molecular formula is C23H22N2O2. The summed E-state index contributed by atoms with van der Waals surface area (Å²) in [6.45, 7) is 4.10. The summed E-state index contributed by atoms with van der Waals surface area (Å²) in [5.41, 5.74) is 8.59. The molecule has 3 rings (SSSR count). The van der Waals surface area contributed by atoms with E-state index in [0.717, 1.165) is 28.8 Å². The zero-order valence-corrected chi connectivity index (χ0v) is 15.4. The molecule has 0 radical (unpaired) electrons. The molecule has 0 aromatic heterocycles. The molecule has 0 spiro atoms. The molecule has 0 atom stereocenters. The number of carboxylic acids is 1. The zero-order chi connectivity index (χ0) is 19.2. The van der Waals surface area contributed by atoms with Crippen molar-refractivity contribution >= 4 is 17.4 Å². The lowest BCUT2D eigenvalue weighted by Crippen LogP contribution is -2.12. The molecule has 27 heavy (non-hydrogen) atoms. The van der Waals surface area contributed by atoms with E-state index in [1.807, 2.05) is 55.5 Å². The van der Waals surface area contributed by atoms with Gasteiger partial charge in [0.05, 0.1) is 17.0 Å². The molecule has 0 unspecified atom stereocenters. The van der Waals surface area contributed by atoms with Crippen LogP contribution in [0, 0.1) is 6.92 Å². The highest BCUT2D eigenvalue weighted by Crippen LogP contribution is 2.19. The van der Waals surface area contributed by atoms with Crippen LogP contribution in [0.1, 0.15) is 39.5 Å². The lowest BCUT2D eigenvalue weighted by atomic mass is 9.97. The van der Waals surface area contributed by atoms with Crippen LogP contribution >= 0.6 is 0 Å². The number of nitrogens with one attached hydrogen (secondary N) is 1. The summed E-state index contributed by atoms with van der Waals surface area (Å²) in [5, 5.41) is 14.2. The summed E-state index contributed by atoms with van der Waals surface area (Å²) in [7, 11) is 0. The molecule has 0 heterocycles. The van der Waals surface area contributed by atoms with E-state index in [1.165, 1.54) is 0 Å². The molecule has 3 aromatic carbocycles. The normalized spacial score (nSPS) is 11.3. The number of rotatable bonds is 6. The predicted octanol–water partition coefficient (Wildman–Crippen LogP) is 5.12. The Kier molecular flexibility index (Phi) is 5.67. The van der Waals surface area contributed by atoms with Crippen molar-refractivity contribution in [3.05, 3.63) is 101 Å². The third-order valence-electron chi connectivity index (χ3n) is 4.42. The molecule has 4 heteroatoms. The molecule has 3 aromatic rings. The Morgan fingerprint density at radius 3 is 2.22 bits per heavy atom. The number of hydrogen-bond acceptors (Lipinski definition) is 3. The topological polar surface area (TPSA) is 61.7 Å². The van der Waals surface area contributed by atoms with Gasteiger partial charge in [-0.05, 0) is 31.0 Å². The maximum Gasteiger partial charge on any atom is 0.336 e. The van der Waals surface area contributed by atoms with Crippen LogP contribution in [0.5, 0.6) is 0 Å². The molecule has 0 aliphatic rings. The maximum atomic E-state index is 11.7. The van der Waals surface area contributed by atoms with Crippen molar-refractivity contribution in [1.29, 1.82) is 0 Å². The van der Waals surface area contributed by atoms with Crippen molar-refractivity contribution in [2.75, 3.05) is 5.43 Å². The highest BCUT2D eigenvalue weighted by atomic mass is 16.4. The van der Waals surface area contributed by atoms with Gasteiger partial charge in [0.25, 0.3) is 0 Å². The second kappa shape index (κ2) is 8.32. The highest BCUT2D eigenvalue weighted by molar-refractivity contribution is 6.17. The quantitative estimate of drug-likeness (QED) is 0.475. The number of carboxylic acid groups (broad SMARTS) is 1. The van der Waals surface area contributed by atoms with Crippen molar-refractivity contribution in [1.82, 2.24) is 0 Å². The van der Waals surface area contributed by atoms with Crippen molar-refractivity contribution in [2.24, 2.45) is 5.10 Å². The van der Waals surface area contributed by atoms with E-state index < -0.39 is 5.97 Å². The first-order valence-corrected chi connectivity index (χ1v) is 8.91. The first kappa shape index (κ1) is 18.4. The van der Waals surface area contributed by atoms with E-state index in [0.29, 0.717) is 11.3 Å². The Labute approximate surface area is 159 Å². The van der Waals surface area contributed by atoms with Crippen LogP contribution in [0.2, 0.25) is 0 Å². The van der Waals surface area contributed by atoms with Crippen LogP contribution in [-0.2, 0) is 6.42 Å². The minimum atomic E-state index is -0.973. The molecule has 0 saturated carbocycles. The van der Waals surface area contributed by atoms with Gasteiger partial charge in [0, 0.05) is 11.1 Å². The van der Waals surface area contributed by atoms with Gasteiger partial charge >= 0.3 is 5.97 Å². The molecular weight excluding hydrogens is 336 g/mol. The molecule has 4 nitrogen and oxygen atoms in total. The number of nitrogens with zero attached hydrogens (tertiary/aromatic N) is 1. The van der Waals surface area contributed by atoms with Crippen LogP contribution in [0.3, 0.4) is 0 Å². The summed E-state index contributed by atoms with van der Waals surface area (Å²) >= 11 is 0. The second-order valence-electron chi connectivity index (χ2n) is 6.30. The van der Waals surface area contributed by atoms with Crippen molar-refractivity contribution in [3.63, 3.8) is 0 Å². The van der Waals surface area contributed by atoms with E-state index in [4.69, 9.17) is 0 Å². The fourth-order valence-corrected chi connectivity index (χ4v) is 2.92. The third kappa shape index (κ3) is 4.23. The molecule has 0 amide bonds. The largest absolute Gasteiger partial charge is 0.478 e. The molecule has 0 aliphatic heterocycles. The number of anilines is 1. The van der Waals surface area contributed by atoms with Gasteiger partial charge in [0.1, 0.15) is 0 Å². The van der Waals surface area contributed by atoms with Crippen LogP contribution in [0.4, 0.5) is 5.69 Å². The highest BCUT2D eigenvalue weighted by Gasteiger charge is 2.16. The molecule has 0 fully saturated rings. The average Bonchev–Trinajstić information content (AvgIpc) is 2.70. The van der Waals surface area contributed by atoms with Gasteiger partial charge < -0.3 is 5.11 Å². The Bertz CT molecular complexity index is 976. The fourth-order valence-electron chi connectivity index (χ4n) is 2.92. The van der Waals surface area contributed by atoms with Crippen molar-refractivity contribution < 1.29 is 9.90 Å². The monoisotopic (exact) mass is 358 g/mol.